The Morgan fingerprint density at radius 2 is 2.04 bits per heavy atom. The molecule has 2 amide bonds. The van der Waals surface area contributed by atoms with Crippen LogP contribution in [-0.2, 0) is 4.79 Å². The Hall–Kier alpha value is -1.86. The number of aliphatic carboxylic acids is 1. The zero-order valence-electron chi connectivity index (χ0n) is 14.5. The molecule has 2 atom stereocenters. The van der Waals surface area contributed by atoms with Gasteiger partial charge in [0.1, 0.15) is 5.82 Å². The maximum Gasteiger partial charge on any atom is 0.317 e. The van der Waals surface area contributed by atoms with Crippen molar-refractivity contribution in [3.8, 4) is 0 Å². The van der Waals surface area contributed by atoms with Crippen molar-refractivity contribution in [1.29, 1.82) is 0 Å². The maximum atomic E-state index is 13.5. The molecule has 0 aliphatic heterocycles. The van der Waals surface area contributed by atoms with Crippen LogP contribution >= 0.6 is 11.6 Å². The fourth-order valence-electron chi connectivity index (χ4n) is 3.54. The molecule has 8 heteroatoms. The van der Waals surface area contributed by atoms with Crippen LogP contribution in [0.15, 0.2) is 18.2 Å². The van der Waals surface area contributed by atoms with Gasteiger partial charge in [0.25, 0.3) is 0 Å². The van der Waals surface area contributed by atoms with E-state index in [1.165, 1.54) is 12.1 Å². The number of carboxylic acids is 1. The Labute approximate surface area is 156 Å². The summed E-state index contributed by atoms with van der Waals surface area (Å²) < 4.78 is 13.5. The van der Waals surface area contributed by atoms with Crippen molar-refractivity contribution in [2.45, 2.75) is 50.2 Å². The van der Waals surface area contributed by atoms with E-state index in [0.717, 1.165) is 24.8 Å². The van der Waals surface area contributed by atoms with E-state index >= 15 is 0 Å². The van der Waals surface area contributed by atoms with E-state index in [4.69, 9.17) is 16.7 Å². The Morgan fingerprint density at radius 1 is 1.31 bits per heavy atom. The summed E-state index contributed by atoms with van der Waals surface area (Å²) in [4.78, 5) is 24.8. The van der Waals surface area contributed by atoms with Crippen LogP contribution in [0, 0.1) is 5.82 Å². The van der Waals surface area contributed by atoms with Crippen molar-refractivity contribution in [1.82, 2.24) is 15.5 Å². The predicted molar refractivity (Wildman–Crippen MR) is 95.9 cm³/mol. The smallest absolute Gasteiger partial charge is 0.317 e. The highest BCUT2D eigenvalue weighted by molar-refractivity contribution is 6.30. The van der Waals surface area contributed by atoms with Crippen molar-refractivity contribution in [2.75, 3.05) is 13.1 Å². The molecule has 0 spiro atoms. The highest BCUT2D eigenvalue weighted by Gasteiger charge is 2.41. The van der Waals surface area contributed by atoms with Crippen molar-refractivity contribution in [3.05, 3.63) is 34.6 Å². The number of nitrogens with zero attached hydrogens (tertiary/aromatic N) is 1. The Morgan fingerprint density at radius 3 is 2.65 bits per heavy atom. The summed E-state index contributed by atoms with van der Waals surface area (Å²) in [5.74, 6) is -1.16. The van der Waals surface area contributed by atoms with E-state index in [-0.39, 0.29) is 41.6 Å². The molecule has 2 aliphatic carbocycles. The zero-order valence-corrected chi connectivity index (χ0v) is 15.3. The molecule has 1 aromatic rings. The average Bonchev–Trinajstić information content (AvgIpc) is 3.30. The van der Waals surface area contributed by atoms with Gasteiger partial charge in [-0.15, -0.1) is 0 Å². The Kier molecular flexibility index (Phi) is 5.67. The van der Waals surface area contributed by atoms with Crippen LogP contribution in [0.4, 0.5) is 9.18 Å². The summed E-state index contributed by atoms with van der Waals surface area (Å²) in [6.45, 7) is 2.64. The van der Waals surface area contributed by atoms with Crippen LogP contribution in [0.1, 0.15) is 37.7 Å². The number of rotatable bonds is 7. The van der Waals surface area contributed by atoms with E-state index in [2.05, 4.69) is 10.6 Å². The van der Waals surface area contributed by atoms with Gasteiger partial charge in [0.05, 0.1) is 11.6 Å². The van der Waals surface area contributed by atoms with Crippen molar-refractivity contribution >= 4 is 23.6 Å². The van der Waals surface area contributed by atoms with E-state index in [1.54, 1.807) is 6.07 Å². The van der Waals surface area contributed by atoms with Gasteiger partial charge in [-0.2, -0.15) is 0 Å². The number of likely N-dealkylation sites (N-methyl/N-ethyl adjacent to an activating group) is 1. The van der Waals surface area contributed by atoms with Gasteiger partial charge in [-0.25, -0.2) is 9.18 Å². The third-order valence-electron chi connectivity index (χ3n) is 5.19. The van der Waals surface area contributed by atoms with Crippen LogP contribution < -0.4 is 10.6 Å². The highest BCUT2D eigenvalue weighted by atomic mass is 35.5. The van der Waals surface area contributed by atoms with Crippen LogP contribution in [0.25, 0.3) is 0 Å². The molecule has 2 fully saturated rings. The van der Waals surface area contributed by atoms with Gasteiger partial charge < -0.3 is 15.7 Å². The second-order valence-corrected chi connectivity index (χ2v) is 7.43. The zero-order chi connectivity index (χ0) is 18.8. The van der Waals surface area contributed by atoms with E-state index < -0.39 is 11.8 Å². The first-order valence-electron chi connectivity index (χ1n) is 8.85. The molecule has 26 heavy (non-hydrogen) atoms. The molecule has 0 aromatic heterocycles. The van der Waals surface area contributed by atoms with Crippen molar-refractivity contribution < 1.29 is 19.1 Å². The fraction of sp³-hybridized carbons (Fsp3) is 0.556. The van der Waals surface area contributed by atoms with Gasteiger partial charge in [0.2, 0.25) is 0 Å². The van der Waals surface area contributed by atoms with Crippen LogP contribution in [0.2, 0.25) is 5.02 Å². The number of carbonyl (C=O) groups is 2. The van der Waals surface area contributed by atoms with Crippen molar-refractivity contribution in [3.63, 3.8) is 0 Å². The second kappa shape index (κ2) is 7.80. The second-order valence-electron chi connectivity index (χ2n) is 7.02. The van der Waals surface area contributed by atoms with Crippen molar-refractivity contribution in [2.24, 2.45) is 0 Å². The lowest BCUT2D eigenvalue weighted by Crippen LogP contribution is -2.56. The minimum atomic E-state index is -0.834. The molecule has 0 bridgehead atoms. The van der Waals surface area contributed by atoms with E-state index in [9.17, 15) is 14.0 Å². The number of urea groups is 1. The largest absolute Gasteiger partial charge is 0.480 e. The van der Waals surface area contributed by atoms with Crippen LogP contribution in [0.3, 0.4) is 0 Å². The summed E-state index contributed by atoms with van der Waals surface area (Å²) in [5.41, 5.74) is 0.841. The highest BCUT2D eigenvalue weighted by Crippen LogP contribution is 2.41. The minimum absolute atomic E-state index is 0.00518. The quantitative estimate of drug-likeness (QED) is 0.676. The molecule has 2 saturated carbocycles. The molecule has 0 heterocycles. The Balaban J connectivity index is 1.40. The minimum Gasteiger partial charge on any atom is -0.480 e. The molecule has 0 radical (unpaired) electrons. The lowest BCUT2D eigenvalue weighted by atomic mass is 9.85. The van der Waals surface area contributed by atoms with Crippen LogP contribution in [-0.4, -0.2) is 53.2 Å². The standard InChI is InChI=1S/C18H23ClFN3O3/c1-2-23(9-17(24)25)12-6-11(7-12)21-18(26)22-16-8-13(16)10-3-4-14(19)15(20)5-10/h3-5,11-13,16H,2,6-9H2,1H3,(H,24,25)(H2,21,22,26)/t11?,12?,13-,16+/m0/s1. The Bertz CT molecular complexity index is 696. The fourth-order valence-corrected chi connectivity index (χ4v) is 3.66. The van der Waals surface area contributed by atoms with E-state index in [1.807, 2.05) is 11.8 Å². The molecular formula is C18H23ClFN3O3. The lowest BCUT2D eigenvalue weighted by molar-refractivity contribution is -0.139. The number of hydrogen-bond acceptors (Lipinski definition) is 3. The summed E-state index contributed by atoms with van der Waals surface area (Å²) >= 11 is 5.69. The maximum absolute atomic E-state index is 13.5. The van der Waals surface area contributed by atoms with Gasteiger partial charge in [-0.1, -0.05) is 24.6 Å². The third kappa shape index (κ3) is 4.45. The molecule has 1 aromatic carbocycles. The van der Waals surface area contributed by atoms with Gasteiger partial charge in [0, 0.05) is 24.0 Å². The molecule has 3 N–H and O–H groups in total. The molecule has 0 saturated heterocycles. The summed E-state index contributed by atoms with van der Waals surface area (Å²) in [6, 6.07) is 4.79. The number of hydrogen-bond donors (Lipinski definition) is 3. The van der Waals surface area contributed by atoms with Gasteiger partial charge in [0.15, 0.2) is 0 Å². The third-order valence-corrected chi connectivity index (χ3v) is 5.49. The first-order valence-corrected chi connectivity index (χ1v) is 9.23. The van der Waals surface area contributed by atoms with E-state index in [0.29, 0.717) is 6.54 Å². The lowest BCUT2D eigenvalue weighted by Gasteiger charge is -2.42. The number of amides is 2. The first kappa shape index (κ1) is 18.9. The SMILES string of the molecule is CCN(CC(=O)O)C1CC(NC(=O)N[C@@H]2C[C@H]2c2ccc(Cl)c(F)c2)C1. The molecule has 3 rings (SSSR count). The van der Waals surface area contributed by atoms with Gasteiger partial charge >= 0.3 is 12.0 Å². The monoisotopic (exact) mass is 383 g/mol. The normalized spacial score (nSPS) is 26.9. The number of carboxylic acid groups (broad SMARTS) is 1. The number of benzene rings is 1. The van der Waals surface area contributed by atoms with Gasteiger partial charge in [-0.3, -0.25) is 9.69 Å². The average molecular weight is 384 g/mol. The summed E-state index contributed by atoms with van der Waals surface area (Å²) in [5, 5.41) is 14.8. The predicted octanol–water partition coefficient (Wildman–Crippen LogP) is 2.57. The van der Waals surface area contributed by atoms with Gasteiger partial charge in [-0.05, 0) is 43.5 Å². The molecule has 0 unspecified atom stereocenters. The summed E-state index contributed by atoms with van der Waals surface area (Å²) in [7, 11) is 0. The summed E-state index contributed by atoms with van der Waals surface area (Å²) in [6.07, 6.45) is 2.29. The number of nitrogens with one attached hydrogen (secondary N) is 2. The van der Waals surface area contributed by atoms with Crippen LogP contribution in [0.5, 0.6) is 0 Å². The molecular weight excluding hydrogens is 361 g/mol. The number of carbonyl (C=O) groups excluding carboxylic acids is 1. The number of halogens is 2. The first-order chi connectivity index (χ1) is 12.4. The molecule has 6 nitrogen and oxygen atoms in total. The topological polar surface area (TPSA) is 81.7 Å². The molecule has 142 valence electrons. The molecule has 2 aliphatic rings.